The normalized spacial score (nSPS) is 16.2. The van der Waals surface area contributed by atoms with E-state index in [-0.39, 0.29) is 11.4 Å². The first-order valence-electron chi connectivity index (χ1n) is 6.66. The van der Waals surface area contributed by atoms with Crippen LogP contribution in [0.3, 0.4) is 0 Å². The van der Waals surface area contributed by atoms with Crippen LogP contribution in [0.4, 0.5) is 0 Å². The molecule has 0 aromatic heterocycles. The lowest BCUT2D eigenvalue weighted by molar-refractivity contribution is -0.0882. The summed E-state index contributed by atoms with van der Waals surface area (Å²) in [5.41, 5.74) is 1.55. The van der Waals surface area contributed by atoms with Crippen molar-refractivity contribution in [2.75, 3.05) is 19.8 Å². The molecule has 2 aromatic carbocycles. The third-order valence-electron chi connectivity index (χ3n) is 3.63. The van der Waals surface area contributed by atoms with E-state index in [0.717, 1.165) is 5.56 Å². The van der Waals surface area contributed by atoms with Gasteiger partial charge in [-0.25, -0.2) is 4.79 Å². The van der Waals surface area contributed by atoms with Gasteiger partial charge < -0.3 is 9.47 Å². The van der Waals surface area contributed by atoms with E-state index in [1.165, 1.54) is 0 Å². The van der Waals surface area contributed by atoms with Crippen molar-refractivity contribution in [2.24, 2.45) is 0 Å². The van der Waals surface area contributed by atoms with Gasteiger partial charge in [0.2, 0.25) is 0 Å². The molecule has 1 aliphatic heterocycles. The van der Waals surface area contributed by atoms with Gasteiger partial charge in [0.05, 0.1) is 24.2 Å². The quantitative estimate of drug-likeness (QED) is 0.800. The number of carbonyl (C=O) groups excluding carboxylic acids is 1. The Bertz CT molecular complexity index is 574. The van der Waals surface area contributed by atoms with Crippen LogP contribution in [0.15, 0.2) is 60.7 Å². The van der Waals surface area contributed by atoms with Crippen molar-refractivity contribution in [1.82, 2.24) is 0 Å². The fourth-order valence-corrected chi connectivity index (χ4v) is 2.33. The zero-order chi connectivity index (χ0) is 13.8. The Morgan fingerprint density at radius 2 is 1.60 bits per heavy atom. The molecule has 0 amide bonds. The number of benzene rings is 2. The van der Waals surface area contributed by atoms with Crippen molar-refractivity contribution in [3.05, 3.63) is 71.8 Å². The summed E-state index contributed by atoms with van der Waals surface area (Å²) in [5.74, 6) is -0.284. The van der Waals surface area contributed by atoms with Crippen LogP contribution in [0.2, 0.25) is 0 Å². The zero-order valence-corrected chi connectivity index (χ0v) is 11.1. The van der Waals surface area contributed by atoms with Crippen LogP contribution in [0.5, 0.6) is 0 Å². The SMILES string of the molecule is O=C(OCC1(c2ccccc2)COC1)c1ccccc1. The molecular weight excluding hydrogens is 252 g/mol. The fraction of sp³-hybridized carbons (Fsp3) is 0.235. The average molecular weight is 268 g/mol. The molecule has 3 heteroatoms. The molecular formula is C17H16O3. The molecule has 1 heterocycles. The molecule has 20 heavy (non-hydrogen) atoms. The minimum Gasteiger partial charge on any atom is -0.461 e. The molecule has 0 radical (unpaired) electrons. The van der Waals surface area contributed by atoms with Crippen LogP contribution in [-0.2, 0) is 14.9 Å². The first-order chi connectivity index (χ1) is 9.80. The lowest BCUT2D eigenvalue weighted by Crippen LogP contribution is -2.50. The van der Waals surface area contributed by atoms with E-state index < -0.39 is 0 Å². The number of carbonyl (C=O) groups is 1. The van der Waals surface area contributed by atoms with Crippen molar-refractivity contribution in [3.63, 3.8) is 0 Å². The summed E-state index contributed by atoms with van der Waals surface area (Å²) >= 11 is 0. The highest BCUT2D eigenvalue weighted by Crippen LogP contribution is 2.32. The summed E-state index contributed by atoms with van der Waals surface area (Å²) in [4.78, 5) is 12.0. The first-order valence-corrected chi connectivity index (χ1v) is 6.66. The van der Waals surface area contributed by atoms with Gasteiger partial charge in [-0.2, -0.15) is 0 Å². The highest BCUT2D eigenvalue weighted by Gasteiger charge is 2.41. The maximum absolute atomic E-state index is 12.0. The van der Waals surface area contributed by atoms with Crippen molar-refractivity contribution >= 4 is 5.97 Å². The van der Waals surface area contributed by atoms with E-state index in [0.29, 0.717) is 25.4 Å². The maximum Gasteiger partial charge on any atom is 0.338 e. The van der Waals surface area contributed by atoms with Gasteiger partial charge in [-0.1, -0.05) is 48.5 Å². The topological polar surface area (TPSA) is 35.5 Å². The first kappa shape index (κ1) is 12.9. The second kappa shape index (κ2) is 5.47. The Morgan fingerprint density at radius 3 is 2.15 bits per heavy atom. The van der Waals surface area contributed by atoms with Gasteiger partial charge in [0, 0.05) is 0 Å². The van der Waals surface area contributed by atoms with Crippen LogP contribution < -0.4 is 0 Å². The van der Waals surface area contributed by atoms with E-state index in [4.69, 9.17) is 9.47 Å². The standard InChI is InChI=1S/C17H16O3/c18-16(14-7-3-1-4-8-14)20-13-17(11-19-12-17)15-9-5-2-6-10-15/h1-10H,11-13H2. The predicted octanol–water partition coefficient (Wildman–Crippen LogP) is 2.81. The van der Waals surface area contributed by atoms with Crippen molar-refractivity contribution in [1.29, 1.82) is 0 Å². The Hall–Kier alpha value is -2.13. The molecule has 3 rings (SSSR count). The van der Waals surface area contributed by atoms with Gasteiger partial charge in [0.25, 0.3) is 0 Å². The van der Waals surface area contributed by atoms with Crippen LogP contribution in [0.1, 0.15) is 15.9 Å². The summed E-state index contributed by atoms with van der Waals surface area (Å²) in [6.07, 6.45) is 0. The van der Waals surface area contributed by atoms with Crippen molar-refractivity contribution in [2.45, 2.75) is 5.41 Å². The number of esters is 1. The van der Waals surface area contributed by atoms with E-state index >= 15 is 0 Å². The summed E-state index contributed by atoms with van der Waals surface area (Å²) in [6, 6.07) is 19.1. The zero-order valence-electron chi connectivity index (χ0n) is 11.1. The highest BCUT2D eigenvalue weighted by atomic mass is 16.5. The molecule has 102 valence electrons. The second-order valence-corrected chi connectivity index (χ2v) is 5.08. The Balaban J connectivity index is 1.69. The third kappa shape index (κ3) is 2.45. The monoisotopic (exact) mass is 268 g/mol. The molecule has 2 aromatic rings. The van der Waals surface area contributed by atoms with Crippen LogP contribution in [0, 0.1) is 0 Å². The largest absolute Gasteiger partial charge is 0.461 e. The predicted molar refractivity (Wildman–Crippen MR) is 75.7 cm³/mol. The van der Waals surface area contributed by atoms with Gasteiger partial charge in [-0.05, 0) is 17.7 Å². The molecule has 0 saturated carbocycles. The number of ether oxygens (including phenoxy) is 2. The van der Waals surface area contributed by atoms with Gasteiger partial charge in [-0.15, -0.1) is 0 Å². The van der Waals surface area contributed by atoms with E-state index in [2.05, 4.69) is 12.1 Å². The number of hydrogen-bond donors (Lipinski definition) is 0. The van der Waals surface area contributed by atoms with E-state index in [1.807, 2.05) is 36.4 Å². The summed E-state index contributed by atoms with van der Waals surface area (Å²) in [6.45, 7) is 1.54. The van der Waals surface area contributed by atoms with Crippen molar-refractivity contribution in [3.8, 4) is 0 Å². The second-order valence-electron chi connectivity index (χ2n) is 5.08. The van der Waals surface area contributed by atoms with Gasteiger partial charge in [0.1, 0.15) is 6.61 Å². The average Bonchev–Trinajstić information content (AvgIpc) is 2.48. The Kier molecular flexibility index (Phi) is 3.52. The molecule has 0 N–H and O–H groups in total. The van der Waals surface area contributed by atoms with Crippen LogP contribution in [-0.4, -0.2) is 25.8 Å². The molecule has 0 spiro atoms. The van der Waals surface area contributed by atoms with Crippen LogP contribution >= 0.6 is 0 Å². The molecule has 0 aliphatic carbocycles. The van der Waals surface area contributed by atoms with Gasteiger partial charge in [-0.3, -0.25) is 0 Å². The van der Waals surface area contributed by atoms with E-state index in [1.54, 1.807) is 12.1 Å². The number of rotatable bonds is 4. The fourth-order valence-electron chi connectivity index (χ4n) is 2.33. The molecule has 1 fully saturated rings. The summed E-state index contributed by atoms with van der Waals surface area (Å²) in [5, 5.41) is 0. The minimum atomic E-state index is -0.284. The Labute approximate surface area is 118 Å². The minimum absolute atomic E-state index is 0.189. The Morgan fingerprint density at radius 1 is 1.00 bits per heavy atom. The molecule has 0 atom stereocenters. The van der Waals surface area contributed by atoms with Crippen molar-refractivity contribution < 1.29 is 14.3 Å². The van der Waals surface area contributed by atoms with Crippen LogP contribution in [0.25, 0.3) is 0 Å². The van der Waals surface area contributed by atoms with E-state index in [9.17, 15) is 4.79 Å². The molecule has 0 unspecified atom stereocenters. The summed E-state index contributed by atoms with van der Waals surface area (Å²) in [7, 11) is 0. The molecule has 1 aliphatic rings. The van der Waals surface area contributed by atoms with Gasteiger partial charge in [0.15, 0.2) is 0 Å². The lowest BCUT2D eigenvalue weighted by Gasteiger charge is -2.41. The maximum atomic E-state index is 12.0. The molecule has 1 saturated heterocycles. The lowest BCUT2D eigenvalue weighted by atomic mass is 9.79. The number of hydrogen-bond acceptors (Lipinski definition) is 3. The summed E-state index contributed by atoms with van der Waals surface area (Å²) < 4.78 is 10.8. The third-order valence-corrected chi connectivity index (χ3v) is 3.63. The molecule has 0 bridgehead atoms. The van der Waals surface area contributed by atoms with Gasteiger partial charge >= 0.3 is 5.97 Å². The highest BCUT2D eigenvalue weighted by molar-refractivity contribution is 5.89. The molecule has 3 nitrogen and oxygen atoms in total. The smallest absolute Gasteiger partial charge is 0.338 e.